The van der Waals surface area contributed by atoms with Crippen LogP contribution < -0.4 is 5.32 Å². The molecule has 29 heavy (non-hydrogen) atoms. The van der Waals surface area contributed by atoms with Crippen LogP contribution in [0.2, 0.25) is 0 Å². The number of hydrogen-bond donors (Lipinski definition) is 1. The van der Waals surface area contributed by atoms with Crippen molar-refractivity contribution >= 4 is 17.9 Å². The second-order valence-corrected chi connectivity index (χ2v) is 10.0. The SMILES string of the molecule is CC1(C)C2CCC1(C)C(NC(=O)C1CCN(C(=O)C=Cc3ccccc3)CC1)C2. The molecule has 0 aromatic heterocycles. The molecule has 0 radical (unpaired) electrons. The summed E-state index contributed by atoms with van der Waals surface area (Å²) in [6.07, 6.45) is 8.66. The van der Waals surface area contributed by atoms with Gasteiger partial charge in [0, 0.05) is 31.1 Å². The van der Waals surface area contributed by atoms with E-state index in [0.717, 1.165) is 30.7 Å². The smallest absolute Gasteiger partial charge is 0.246 e. The fourth-order valence-electron chi connectivity index (χ4n) is 5.91. The topological polar surface area (TPSA) is 49.4 Å². The quantitative estimate of drug-likeness (QED) is 0.776. The summed E-state index contributed by atoms with van der Waals surface area (Å²) in [5.41, 5.74) is 1.55. The third-order valence-electron chi connectivity index (χ3n) is 8.51. The largest absolute Gasteiger partial charge is 0.353 e. The lowest BCUT2D eigenvalue weighted by Gasteiger charge is -2.40. The van der Waals surface area contributed by atoms with E-state index in [0.29, 0.717) is 24.5 Å². The summed E-state index contributed by atoms with van der Waals surface area (Å²) in [6, 6.07) is 10.2. The van der Waals surface area contributed by atoms with Crippen molar-refractivity contribution in [2.75, 3.05) is 13.1 Å². The van der Waals surface area contributed by atoms with E-state index in [2.05, 4.69) is 26.1 Å². The average Bonchev–Trinajstić information content (AvgIpc) is 3.06. The zero-order chi connectivity index (χ0) is 20.6. The van der Waals surface area contributed by atoms with Crippen LogP contribution in [-0.4, -0.2) is 35.8 Å². The first-order valence-electron chi connectivity index (χ1n) is 11.1. The Kier molecular flexibility index (Phi) is 5.30. The number of nitrogens with zero attached hydrogens (tertiary/aromatic N) is 1. The van der Waals surface area contributed by atoms with E-state index < -0.39 is 0 Å². The van der Waals surface area contributed by atoms with Gasteiger partial charge in [0.05, 0.1) is 0 Å². The Morgan fingerprint density at radius 2 is 1.76 bits per heavy atom. The first-order chi connectivity index (χ1) is 13.8. The molecule has 2 amide bonds. The molecule has 156 valence electrons. The highest BCUT2D eigenvalue weighted by Crippen LogP contribution is 2.65. The lowest BCUT2D eigenvalue weighted by molar-refractivity contribution is -0.133. The molecule has 1 saturated heterocycles. The fourth-order valence-corrected chi connectivity index (χ4v) is 5.91. The van der Waals surface area contributed by atoms with Crippen molar-refractivity contribution in [1.82, 2.24) is 10.2 Å². The number of piperidine rings is 1. The van der Waals surface area contributed by atoms with Crippen LogP contribution in [-0.2, 0) is 9.59 Å². The molecular formula is C25H34N2O2. The number of likely N-dealkylation sites (tertiary alicyclic amines) is 1. The number of nitrogens with one attached hydrogen (secondary N) is 1. The molecular weight excluding hydrogens is 360 g/mol. The van der Waals surface area contributed by atoms with Crippen LogP contribution in [0.25, 0.3) is 6.08 Å². The maximum absolute atomic E-state index is 12.9. The van der Waals surface area contributed by atoms with Crippen molar-refractivity contribution < 1.29 is 9.59 Å². The fraction of sp³-hybridized carbons (Fsp3) is 0.600. The maximum Gasteiger partial charge on any atom is 0.246 e. The van der Waals surface area contributed by atoms with Crippen LogP contribution >= 0.6 is 0 Å². The summed E-state index contributed by atoms with van der Waals surface area (Å²) >= 11 is 0. The van der Waals surface area contributed by atoms with E-state index in [1.54, 1.807) is 6.08 Å². The van der Waals surface area contributed by atoms with Crippen LogP contribution in [0, 0.1) is 22.7 Å². The van der Waals surface area contributed by atoms with Gasteiger partial charge < -0.3 is 10.2 Å². The van der Waals surface area contributed by atoms with Gasteiger partial charge in [-0.2, -0.15) is 0 Å². The Balaban J connectivity index is 1.28. The molecule has 1 aromatic rings. The van der Waals surface area contributed by atoms with Crippen molar-refractivity contribution in [3.8, 4) is 0 Å². The molecule has 4 heteroatoms. The Morgan fingerprint density at radius 3 is 2.34 bits per heavy atom. The Labute approximate surface area is 174 Å². The average molecular weight is 395 g/mol. The minimum absolute atomic E-state index is 0.0305. The molecule has 3 unspecified atom stereocenters. The zero-order valence-corrected chi connectivity index (χ0v) is 18.0. The zero-order valence-electron chi connectivity index (χ0n) is 18.0. The van der Waals surface area contributed by atoms with Crippen LogP contribution in [0.3, 0.4) is 0 Å². The van der Waals surface area contributed by atoms with Gasteiger partial charge in [-0.25, -0.2) is 0 Å². The lowest BCUT2D eigenvalue weighted by Crippen LogP contribution is -2.50. The molecule has 2 saturated carbocycles. The van der Waals surface area contributed by atoms with Gasteiger partial charge in [-0.3, -0.25) is 9.59 Å². The van der Waals surface area contributed by atoms with Gasteiger partial charge in [0.15, 0.2) is 0 Å². The van der Waals surface area contributed by atoms with Gasteiger partial charge in [-0.1, -0.05) is 51.1 Å². The van der Waals surface area contributed by atoms with E-state index in [1.165, 1.54) is 12.8 Å². The molecule has 4 rings (SSSR count). The number of carbonyl (C=O) groups is 2. The minimum atomic E-state index is 0.0305. The molecule has 1 heterocycles. The van der Waals surface area contributed by atoms with Crippen molar-refractivity contribution in [2.45, 2.75) is 58.9 Å². The molecule has 1 aliphatic heterocycles. The molecule has 3 aliphatic rings. The summed E-state index contributed by atoms with van der Waals surface area (Å²) in [7, 11) is 0. The highest BCUT2D eigenvalue weighted by molar-refractivity contribution is 5.92. The molecule has 2 aliphatic carbocycles. The number of fused-ring (bicyclic) bond motifs is 2. The standard InChI is InChI=1S/C25H34N2O2/c1-24(2)20-11-14-25(24,3)21(17-20)26-23(29)19-12-15-27(16-13-19)22(28)10-9-18-7-5-4-6-8-18/h4-10,19-21H,11-17H2,1-3H3,(H,26,29). The first-order valence-corrected chi connectivity index (χ1v) is 11.1. The third kappa shape index (κ3) is 3.62. The van der Waals surface area contributed by atoms with Crippen molar-refractivity contribution in [3.63, 3.8) is 0 Å². The van der Waals surface area contributed by atoms with Crippen LogP contribution in [0.5, 0.6) is 0 Å². The van der Waals surface area contributed by atoms with Gasteiger partial charge in [-0.05, 0) is 60.5 Å². The van der Waals surface area contributed by atoms with E-state index in [9.17, 15) is 9.59 Å². The van der Waals surface area contributed by atoms with Gasteiger partial charge >= 0.3 is 0 Å². The van der Waals surface area contributed by atoms with E-state index in [-0.39, 0.29) is 23.1 Å². The van der Waals surface area contributed by atoms with Crippen molar-refractivity contribution in [3.05, 3.63) is 42.0 Å². The van der Waals surface area contributed by atoms with Gasteiger partial charge in [0.2, 0.25) is 11.8 Å². The van der Waals surface area contributed by atoms with E-state index in [4.69, 9.17) is 0 Å². The van der Waals surface area contributed by atoms with Crippen LogP contribution in [0.4, 0.5) is 0 Å². The molecule has 1 aromatic carbocycles. The molecule has 4 nitrogen and oxygen atoms in total. The predicted octanol–water partition coefficient (Wildman–Crippen LogP) is 4.27. The van der Waals surface area contributed by atoms with Gasteiger partial charge in [0.25, 0.3) is 0 Å². The molecule has 1 N–H and O–H groups in total. The second kappa shape index (κ2) is 7.62. The molecule has 0 spiro atoms. The second-order valence-electron chi connectivity index (χ2n) is 10.0. The predicted molar refractivity (Wildman–Crippen MR) is 116 cm³/mol. The summed E-state index contributed by atoms with van der Waals surface area (Å²) in [4.78, 5) is 27.3. The molecule has 3 atom stereocenters. The van der Waals surface area contributed by atoms with Crippen LogP contribution in [0.1, 0.15) is 58.4 Å². The lowest BCUT2D eigenvalue weighted by atomic mass is 9.69. The third-order valence-corrected chi connectivity index (χ3v) is 8.51. The Morgan fingerprint density at radius 1 is 1.07 bits per heavy atom. The Bertz CT molecular complexity index is 792. The molecule has 3 fully saturated rings. The first kappa shape index (κ1) is 20.2. The maximum atomic E-state index is 12.9. The summed E-state index contributed by atoms with van der Waals surface area (Å²) in [6.45, 7) is 8.44. The van der Waals surface area contributed by atoms with E-state index >= 15 is 0 Å². The number of benzene rings is 1. The Hall–Kier alpha value is -2.10. The van der Waals surface area contributed by atoms with Crippen molar-refractivity contribution in [1.29, 1.82) is 0 Å². The number of amides is 2. The number of hydrogen-bond acceptors (Lipinski definition) is 2. The minimum Gasteiger partial charge on any atom is -0.353 e. The highest BCUT2D eigenvalue weighted by Gasteiger charge is 2.61. The number of carbonyl (C=O) groups excluding carboxylic acids is 2. The van der Waals surface area contributed by atoms with Gasteiger partial charge in [-0.15, -0.1) is 0 Å². The summed E-state index contributed by atoms with van der Waals surface area (Å²) in [5, 5.41) is 3.41. The molecule has 2 bridgehead atoms. The monoisotopic (exact) mass is 394 g/mol. The van der Waals surface area contributed by atoms with Crippen LogP contribution in [0.15, 0.2) is 36.4 Å². The normalized spacial score (nSPS) is 31.3. The van der Waals surface area contributed by atoms with E-state index in [1.807, 2.05) is 41.3 Å². The highest BCUT2D eigenvalue weighted by atomic mass is 16.2. The van der Waals surface area contributed by atoms with Gasteiger partial charge in [0.1, 0.15) is 0 Å². The summed E-state index contributed by atoms with van der Waals surface area (Å²) in [5.74, 6) is 0.998. The number of rotatable bonds is 4. The van der Waals surface area contributed by atoms with Crippen molar-refractivity contribution in [2.24, 2.45) is 22.7 Å². The summed E-state index contributed by atoms with van der Waals surface area (Å²) < 4.78 is 0.